The molecule has 0 aliphatic rings. The molecule has 1 aromatic carbocycles. The van der Waals surface area contributed by atoms with Gasteiger partial charge in [-0.2, -0.15) is 5.10 Å². The maximum absolute atomic E-state index is 13.8. The van der Waals surface area contributed by atoms with E-state index < -0.39 is 0 Å². The van der Waals surface area contributed by atoms with Gasteiger partial charge < -0.3 is 5.32 Å². The molecule has 3 nitrogen and oxygen atoms in total. The van der Waals surface area contributed by atoms with Crippen LogP contribution in [0.25, 0.3) is 0 Å². The van der Waals surface area contributed by atoms with Crippen molar-refractivity contribution >= 4 is 21.6 Å². The zero-order chi connectivity index (χ0) is 14.9. The van der Waals surface area contributed by atoms with Crippen LogP contribution in [0.2, 0.25) is 0 Å². The SMILES string of the molecule is Cn1cc(CNc2ccc(Br)cc2F)c(C(C)(C)C)n1. The molecule has 2 rings (SSSR count). The maximum atomic E-state index is 13.8. The van der Waals surface area contributed by atoms with Crippen LogP contribution in [0.5, 0.6) is 0 Å². The van der Waals surface area contributed by atoms with Crippen LogP contribution < -0.4 is 5.32 Å². The minimum absolute atomic E-state index is 0.0312. The normalized spacial score (nSPS) is 11.7. The van der Waals surface area contributed by atoms with Gasteiger partial charge in [0.1, 0.15) is 5.82 Å². The molecule has 0 bridgehead atoms. The van der Waals surface area contributed by atoms with Crippen LogP contribution in [0, 0.1) is 5.82 Å². The van der Waals surface area contributed by atoms with Crippen molar-refractivity contribution in [3.8, 4) is 0 Å². The van der Waals surface area contributed by atoms with Gasteiger partial charge in [-0.15, -0.1) is 0 Å². The van der Waals surface area contributed by atoms with Gasteiger partial charge in [-0.1, -0.05) is 36.7 Å². The van der Waals surface area contributed by atoms with Crippen molar-refractivity contribution in [3.05, 3.63) is 45.9 Å². The molecule has 0 radical (unpaired) electrons. The molecule has 0 aliphatic carbocycles. The molecule has 5 heteroatoms. The van der Waals surface area contributed by atoms with E-state index in [1.54, 1.807) is 10.7 Å². The number of aromatic nitrogens is 2. The van der Waals surface area contributed by atoms with Crippen molar-refractivity contribution in [3.63, 3.8) is 0 Å². The average molecular weight is 340 g/mol. The lowest BCUT2D eigenvalue weighted by molar-refractivity contribution is 0.549. The predicted molar refractivity (Wildman–Crippen MR) is 83.3 cm³/mol. The molecule has 1 heterocycles. The third-order valence-corrected chi connectivity index (χ3v) is 3.51. The first-order chi connectivity index (χ1) is 9.27. The van der Waals surface area contributed by atoms with Crippen LogP contribution in [0.4, 0.5) is 10.1 Å². The first-order valence-corrected chi connectivity index (χ1v) is 7.28. The van der Waals surface area contributed by atoms with Crippen LogP contribution in [-0.2, 0) is 19.0 Å². The lowest BCUT2D eigenvalue weighted by Crippen LogP contribution is -2.16. The summed E-state index contributed by atoms with van der Waals surface area (Å²) in [5.74, 6) is -0.263. The van der Waals surface area contributed by atoms with E-state index in [0.29, 0.717) is 12.2 Å². The molecule has 108 valence electrons. The van der Waals surface area contributed by atoms with E-state index >= 15 is 0 Å². The van der Waals surface area contributed by atoms with Crippen LogP contribution in [0.3, 0.4) is 0 Å². The predicted octanol–water partition coefficient (Wildman–Crippen LogP) is 4.23. The minimum Gasteiger partial charge on any atom is -0.378 e. The Morgan fingerprint density at radius 1 is 1.35 bits per heavy atom. The van der Waals surface area contributed by atoms with Crippen molar-refractivity contribution in [1.82, 2.24) is 9.78 Å². The van der Waals surface area contributed by atoms with Gasteiger partial charge in [-0.05, 0) is 18.2 Å². The van der Waals surface area contributed by atoms with Crippen molar-refractivity contribution in [2.45, 2.75) is 32.7 Å². The minimum atomic E-state index is -0.263. The summed E-state index contributed by atoms with van der Waals surface area (Å²) in [6.45, 7) is 6.93. The summed E-state index contributed by atoms with van der Waals surface area (Å²) in [6, 6.07) is 5.00. The van der Waals surface area contributed by atoms with E-state index in [1.807, 2.05) is 19.3 Å². The quantitative estimate of drug-likeness (QED) is 0.906. The Labute approximate surface area is 127 Å². The lowest BCUT2D eigenvalue weighted by Gasteiger charge is -2.18. The Morgan fingerprint density at radius 3 is 2.65 bits per heavy atom. The third-order valence-electron chi connectivity index (χ3n) is 3.02. The number of nitrogens with zero attached hydrogens (tertiary/aromatic N) is 2. The van der Waals surface area contributed by atoms with E-state index in [-0.39, 0.29) is 11.2 Å². The Morgan fingerprint density at radius 2 is 2.05 bits per heavy atom. The molecule has 20 heavy (non-hydrogen) atoms. The van der Waals surface area contributed by atoms with Crippen molar-refractivity contribution in [2.75, 3.05) is 5.32 Å². The van der Waals surface area contributed by atoms with Gasteiger partial charge in [0.2, 0.25) is 0 Å². The van der Waals surface area contributed by atoms with Gasteiger partial charge >= 0.3 is 0 Å². The zero-order valence-electron chi connectivity index (χ0n) is 12.2. The lowest BCUT2D eigenvalue weighted by atomic mass is 9.89. The fraction of sp³-hybridized carbons (Fsp3) is 0.400. The summed E-state index contributed by atoms with van der Waals surface area (Å²) < 4.78 is 16.3. The van der Waals surface area contributed by atoms with Crippen molar-refractivity contribution < 1.29 is 4.39 Å². The molecule has 0 saturated carbocycles. The standard InChI is InChI=1S/C15H19BrFN3/c1-15(2,3)14-10(9-20(4)19-14)8-18-13-6-5-11(16)7-12(13)17/h5-7,9,18H,8H2,1-4H3. The molecular formula is C15H19BrFN3. The number of hydrogen-bond donors (Lipinski definition) is 1. The van der Waals surface area contributed by atoms with E-state index in [2.05, 4.69) is 47.1 Å². The molecule has 0 atom stereocenters. The Bertz CT molecular complexity index is 614. The Balaban J connectivity index is 2.19. The fourth-order valence-corrected chi connectivity index (χ4v) is 2.45. The summed E-state index contributed by atoms with van der Waals surface area (Å²) in [7, 11) is 1.90. The summed E-state index contributed by atoms with van der Waals surface area (Å²) >= 11 is 3.25. The first kappa shape index (κ1) is 15.0. The molecule has 0 amide bonds. The van der Waals surface area contributed by atoms with Crippen LogP contribution >= 0.6 is 15.9 Å². The molecule has 0 spiro atoms. The second-order valence-corrected chi connectivity index (χ2v) is 6.82. The highest BCUT2D eigenvalue weighted by atomic mass is 79.9. The van der Waals surface area contributed by atoms with E-state index in [9.17, 15) is 4.39 Å². The number of halogens is 2. The second kappa shape index (κ2) is 5.56. The molecule has 0 saturated heterocycles. The number of rotatable bonds is 3. The molecule has 1 N–H and O–H groups in total. The molecule has 0 aliphatic heterocycles. The zero-order valence-corrected chi connectivity index (χ0v) is 13.8. The van der Waals surface area contributed by atoms with Gasteiger partial charge in [0.15, 0.2) is 0 Å². The number of hydrogen-bond acceptors (Lipinski definition) is 2. The highest BCUT2D eigenvalue weighted by molar-refractivity contribution is 9.10. The van der Waals surface area contributed by atoms with Gasteiger partial charge in [0, 0.05) is 35.2 Å². The van der Waals surface area contributed by atoms with Gasteiger partial charge in [0.25, 0.3) is 0 Å². The van der Waals surface area contributed by atoms with Gasteiger partial charge in [-0.3, -0.25) is 4.68 Å². The second-order valence-electron chi connectivity index (χ2n) is 5.90. The van der Waals surface area contributed by atoms with Crippen LogP contribution in [-0.4, -0.2) is 9.78 Å². The number of nitrogens with one attached hydrogen (secondary N) is 1. The van der Waals surface area contributed by atoms with Crippen LogP contribution in [0.1, 0.15) is 32.0 Å². The van der Waals surface area contributed by atoms with E-state index in [0.717, 1.165) is 15.7 Å². The van der Waals surface area contributed by atoms with Gasteiger partial charge in [-0.25, -0.2) is 4.39 Å². The van der Waals surface area contributed by atoms with Gasteiger partial charge in [0.05, 0.1) is 11.4 Å². The summed E-state index contributed by atoms with van der Waals surface area (Å²) in [4.78, 5) is 0. The summed E-state index contributed by atoms with van der Waals surface area (Å²) in [5, 5.41) is 7.64. The first-order valence-electron chi connectivity index (χ1n) is 6.49. The summed E-state index contributed by atoms with van der Waals surface area (Å²) in [6.07, 6.45) is 1.98. The number of aryl methyl sites for hydroxylation is 1. The molecular weight excluding hydrogens is 321 g/mol. The Kier molecular flexibility index (Phi) is 4.18. The molecule has 0 fully saturated rings. The Hall–Kier alpha value is -1.36. The van der Waals surface area contributed by atoms with Crippen molar-refractivity contribution in [1.29, 1.82) is 0 Å². The van der Waals surface area contributed by atoms with Crippen LogP contribution in [0.15, 0.2) is 28.9 Å². The topological polar surface area (TPSA) is 29.9 Å². The number of benzene rings is 1. The van der Waals surface area contributed by atoms with Crippen molar-refractivity contribution in [2.24, 2.45) is 7.05 Å². The third kappa shape index (κ3) is 3.39. The maximum Gasteiger partial charge on any atom is 0.147 e. The largest absolute Gasteiger partial charge is 0.378 e. The fourth-order valence-electron chi connectivity index (χ4n) is 2.12. The van der Waals surface area contributed by atoms with E-state index in [1.165, 1.54) is 6.07 Å². The molecule has 1 aromatic heterocycles. The monoisotopic (exact) mass is 339 g/mol. The smallest absolute Gasteiger partial charge is 0.147 e. The number of anilines is 1. The highest BCUT2D eigenvalue weighted by Gasteiger charge is 2.21. The molecule has 0 unspecified atom stereocenters. The average Bonchev–Trinajstić information content (AvgIpc) is 2.69. The molecule has 2 aromatic rings. The highest BCUT2D eigenvalue weighted by Crippen LogP contribution is 2.25. The van der Waals surface area contributed by atoms with E-state index in [4.69, 9.17) is 0 Å². The summed E-state index contributed by atoms with van der Waals surface area (Å²) in [5.41, 5.74) is 2.58.